The molecule has 3 aliphatic carbocycles. The molecule has 3 saturated carbocycles. The van der Waals surface area contributed by atoms with Crippen LogP contribution in [0, 0.1) is 23.2 Å². The number of ether oxygens (including phenoxy) is 1. The predicted molar refractivity (Wildman–Crippen MR) is 197 cm³/mol. The van der Waals surface area contributed by atoms with Crippen LogP contribution < -0.4 is 4.72 Å². The van der Waals surface area contributed by atoms with Gasteiger partial charge in [-0.3, -0.25) is 24.0 Å². The number of hydrogen-bond donors (Lipinski definition) is 1. The smallest absolute Gasteiger partial charge is 0.410 e. The number of aromatic nitrogens is 1. The van der Waals surface area contributed by atoms with Gasteiger partial charge in [0.15, 0.2) is 5.78 Å². The summed E-state index contributed by atoms with van der Waals surface area (Å²) in [4.78, 5) is 65.3. The Morgan fingerprint density at radius 2 is 1.92 bits per heavy atom. The van der Waals surface area contributed by atoms with Gasteiger partial charge in [0.1, 0.15) is 6.10 Å². The second-order valence-electron chi connectivity index (χ2n) is 15.3. The Hall–Kier alpha value is -3.29. The van der Waals surface area contributed by atoms with E-state index in [-0.39, 0.29) is 42.9 Å². The van der Waals surface area contributed by atoms with Crippen LogP contribution in [0.5, 0.6) is 0 Å². The number of amides is 3. The van der Waals surface area contributed by atoms with E-state index in [0.717, 1.165) is 59.5 Å². The summed E-state index contributed by atoms with van der Waals surface area (Å²) in [5.41, 5.74) is 0.554. The van der Waals surface area contributed by atoms with E-state index in [0.29, 0.717) is 43.8 Å². The summed E-state index contributed by atoms with van der Waals surface area (Å²) < 4.78 is 33.8. The third kappa shape index (κ3) is 7.55. The average molecular weight is 771 g/mol. The minimum atomic E-state index is -3.83. The van der Waals surface area contributed by atoms with Crippen LogP contribution in [0.15, 0.2) is 37.1 Å². The van der Waals surface area contributed by atoms with E-state index in [2.05, 4.69) is 23.2 Å². The van der Waals surface area contributed by atoms with Crippen molar-refractivity contribution in [1.29, 1.82) is 0 Å². The number of ketones is 1. The summed E-state index contributed by atoms with van der Waals surface area (Å²) in [6.07, 6.45) is 9.60. The number of hydrogen-bond acceptors (Lipinski definition) is 9. The number of nitrogens with one attached hydrogen (secondary N) is 1. The number of rotatable bonds is 13. The predicted octanol–water partition coefficient (Wildman–Crippen LogP) is 5.98. The topological polar surface area (TPSA) is 143 Å². The summed E-state index contributed by atoms with van der Waals surface area (Å²) in [7, 11) is -3.83. The van der Waals surface area contributed by atoms with E-state index >= 15 is 0 Å². The highest BCUT2D eigenvalue weighted by atomic mass is 35.5. The van der Waals surface area contributed by atoms with Gasteiger partial charge >= 0.3 is 6.09 Å². The minimum Gasteiger partial charge on any atom is -0.444 e. The molecule has 11 nitrogen and oxygen atoms in total. The molecule has 4 fully saturated rings. The number of nitrogens with zero attached hydrogens (tertiary/aromatic N) is 3. The zero-order chi connectivity index (χ0) is 36.8. The highest BCUT2D eigenvalue weighted by Gasteiger charge is 2.61. The second kappa shape index (κ2) is 14.9. The van der Waals surface area contributed by atoms with Crippen molar-refractivity contribution in [2.45, 2.75) is 114 Å². The standard InChI is InChI=1S/C38H47ClN4O7S2/c1-3-25-17-38(25,36(46)41-52(48,49)28-13-14-28)18-33(44)32-15-26(50-37(47)42-20-24-11-8-12-31(39)30(24)22-42)21-43(32)35(45)29(23-9-6-5-7-10-23)16-34-40-19-27(4-2)51-34/h3,8,11-12,19,23,25-26,28-29,32H,1,4-7,9-10,13-18,20-22H2,2H3,(H,41,46)/t25-,26-,29+,32+,38-/m1/s1. The fourth-order valence-corrected chi connectivity index (χ4v) is 11.0. The molecular weight excluding hydrogens is 724 g/mol. The van der Waals surface area contributed by atoms with Gasteiger partial charge in [-0.2, -0.15) is 0 Å². The number of aryl methyl sites for hydroxylation is 1. The lowest BCUT2D eigenvalue weighted by Crippen LogP contribution is -2.48. The Morgan fingerprint density at radius 3 is 2.58 bits per heavy atom. The van der Waals surface area contributed by atoms with Crippen LogP contribution in [0.3, 0.4) is 0 Å². The van der Waals surface area contributed by atoms with Crippen molar-refractivity contribution in [2.75, 3.05) is 6.54 Å². The Morgan fingerprint density at radius 1 is 1.15 bits per heavy atom. The van der Waals surface area contributed by atoms with Crippen molar-refractivity contribution in [3.8, 4) is 0 Å². The molecule has 1 N–H and O–H groups in total. The molecule has 7 rings (SSSR count). The summed E-state index contributed by atoms with van der Waals surface area (Å²) in [6, 6.07) is 4.61. The van der Waals surface area contributed by atoms with Crippen LogP contribution >= 0.6 is 22.9 Å². The molecule has 5 atom stereocenters. The van der Waals surface area contributed by atoms with Crippen LogP contribution in [0.4, 0.5) is 4.79 Å². The second-order valence-corrected chi connectivity index (χ2v) is 18.9. The molecule has 3 amide bonds. The van der Waals surface area contributed by atoms with Crippen molar-refractivity contribution >= 4 is 56.7 Å². The number of allylic oxidation sites excluding steroid dienone is 1. The Bertz CT molecular complexity index is 1860. The molecule has 5 aliphatic rings. The molecule has 280 valence electrons. The third-order valence-electron chi connectivity index (χ3n) is 11.8. The number of carbonyl (C=O) groups excluding carboxylic acids is 4. The van der Waals surface area contributed by atoms with Crippen LogP contribution in [-0.2, 0) is 55.1 Å². The van der Waals surface area contributed by atoms with E-state index < -0.39 is 50.8 Å². The number of thiazole rings is 1. The molecule has 52 heavy (non-hydrogen) atoms. The first-order valence-corrected chi connectivity index (χ1v) is 21.3. The number of halogens is 1. The Kier molecular flexibility index (Phi) is 10.6. The van der Waals surface area contributed by atoms with E-state index in [1.807, 2.05) is 18.3 Å². The fourth-order valence-electron chi connectivity index (χ4n) is 8.47. The molecular formula is C38H47ClN4O7S2. The summed E-state index contributed by atoms with van der Waals surface area (Å²) in [5, 5.41) is 0.875. The van der Waals surface area contributed by atoms with E-state index in [1.54, 1.807) is 33.3 Å². The molecule has 3 heterocycles. The van der Waals surface area contributed by atoms with Crippen LogP contribution in [0.2, 0.25) is 5.02 Å². The number of carbonyl (C=O) groups is 4. The zero-order valence-corrected chi connectivity index (χ0v) is 31.9. The lowest BCUT2D eigenvalue weighted by molar-refractivity contribution is -0.143. The average Bonchev–Trinajstić information content (AvgIpc) is 3.94. The number of fused-ring (bicyclic) bond motifs is 1. The first-order chi connectivity index (χ1) is 24.9. The van der Waals surface area contributed by atoms with Crippen LogP contribution in [-0.4, -0.2) is 70.8 Å². The fraction of sp³-hybridized carbons (Fsp3) is 0.605. The van der Waals surface area contributed by atoms with Crippen molar-refractivity contribution in [1.82, 2.24) is 19.5 Å². The SMILES string of the molecule is C=C[C@@H]1C[C@]1(CC(=O)[C@@H]1C[C@@H](OC(=O)N2Cc3cccc(Cl)c3C2)CN1C(=O)[C@@H](Cc1ncc(CC)s1)C1CCCCC1)C(=O)NS(=O)(=O)C1CC1. The van der Waals surface area contributed by atoms with Gasteiger partial charge in [0.25, 0.3) is 0 Å². The Labute approximate surface area is 314 Å². The lowest BCUT2D eigenvalue weighted by atomic mass is 9.77. The highest BCUT2D eigenvalue weighted by Crippen LogP contribution is 2.57. The van der Waals surface area contributed by atoms with Gasteiger partial charge in [-0.1, -0.05) is 56.0 Å². The number of benzene rings is 1. The molecule has 0 radical (unpaired) electrons. The maximum absolute atomic E-state index is 14.8. The largest absolute Gasteiger partial charge is 0.444 e. The maximum atomic E-state index is 14.8. The van der Waals surface area contributed by atoms with Crippen LogP contribution in [0.1, 0.15) is 92.1 Å². The van der Waals surface area contributed by atoms with Gasteiger partial charge in [-0.25, -0.2) is 18.2 Å². The van der Waals surface area contributed by atoms with E-state index in [9.17, 15) is 27.6 Å². The number of likely N-dealkylation sites (tertiary alicyclic amines) is 1. The first-order valence-electron chi connectivity index (χ1n) is 18.6. The molecule has 0 bridgehead atoms. The maximum Gasteiger partial charge on any atom is 0.410 e. The molecule has 14 heteroatoms. The monoisotopic (exact) mass is 770 g/mol. The first kappa shape index (κ1) is 37.0. The normalized spacial score (nSPS) is 26.5. The molecule has 2 aliphatic heterocycles. The molecule has 1 aromatic carbocycles. The lowest BCUT2D eigenvalue weighted by Gasteiger charge is -2.34. The number of Topliss-reactive ketones (excluding diaryl/α,β-unsaturated/α-hetero) is 1. The van der Waals surface area contributed by atoms with Crippen molar-refractivity contribution in [2.24, 2.45) is 23.2 Å². The molecule has 0 unspecified atom stereocenters. The van der Waals surface area contributed by atoms with E-state index in [4.69, 9.17) is 16.3 Å². The summed E-state index contributed by atoms with van der Waals surface area (Å²) in [6.45, 7) is 6.60. The molecule has 1 saturated heterocycles. The quantitative estimate of drug-likeness (QED) is 0.245. The van der Waals surface area contributed by atoms with Gasteiger partial charge < -0.3 is 9.64 Å². The van der Waals surface area contributed by atoms with Crippen molar-refractivity contribution in [3.63, 3.8) is 0 Å². The Balaban J connectivity index is 1.13. The van der Waals surface area contributed by atoms with E-state index in [1.165, 1.54) is 0 Å². The zero-order valence-electron chi connectivity index (χ0n) is 29.6. The third-order valence-corrected chi connectivity index (χ3v) is 15.1. The van der Waals surface area contributed by atoms with Crippen molar-refractivity contribution in [3.05, 3.63) is 63.1 Å². The molecule has 0 spiro atoms. The van der Waals surface area contributed by atoms with Gasteiger partial charge in [0.2, 0.25) is 21.8 Å². The van der Waals surface area contributed by atoms with Crippen LogP contribution in [0.25, 0.3) is 0 Å². The summed E-state index contributed by atoms with van der Waals surface area (Å²) >= 11 is 8.01. The number of sulfonamides is 1. The minimum absolute atomic E-state index is 0.0456. The van der Waals surface area contributed by atoms with Crippen molar-refractivity contribution < 1.29 is 32.3 Å². The van der Waals surface area contributed by atoms with Gasteiger partial charge in [-0.05, 0) is 67.6 Å². The van der Waals surface area contributed by atoms with Gasteiger partial charge in [0.05, 0.1) is 34.8 Å². The van der Waals surface area contributed by atoms with Gasteiger partial charge in [-0.15, -0.1) is 17.9 Å². The summed E-state index contributed by atoms with van der Waals surface area (Å²) in [5.74, 6) is -1.86. The molecule has 1 aromatic heterocycles. The highest BCUT2D eigenvalue weighted by molar-refractivity contribution is 7.90. The van der Waals surface area contributed by atoms with Gasteiger partial charge in [0, 0.05) is 47.8 Å². The molecule has 2 aromatic rings.